The molecule has 0 fully saturated rings. The summed E-state index contributed by atoms with van der Waals surface area (Å²) in [6.45, 7) is 1.54. The third-order valence-electron chi connectivity index (χ3n) is 3.03. The summed E-state index contributed by atoms with van der Waals surface area (Å²) in [7, 11) is 1.26. The quantitative estimate of drug-likeness (QED) is 0.652. The van der Waals surface area contributed by atoms with Crippen LogP contribution in [0.5, 0.6) is 23.0 Å². The van der Waals surface area contributed by atoms with Crippen LogP contribution in [0.2, 0.25) is 5.02 Å². The van der Waals surface area contributed by atoms with Crippen molar-refractivity contribution in [2.75, 3.05) is 7.11 Å². The van der Waals surface area contributed by atoms with E-state index in [2.05, 4.69) is 9.47 Å². The van der Waals surface area contributed by atoms with E-state index in [1.807, 2.05) is 0 Å². The highest BCUT2D eigenvalue weighted by Gasteiger charge is 2.31. The summed E-state index contributed by atoms with van der Waals surface area (Å²) >= 11 is 5.91. The molecule has 0 amide bonds. The molecule has 0 aliphatic rings. The van der Waals surface area contributed by atoms with Crippen molar-refractivity contribution in [2.45, 2.75) is 19.4 Å². The molecule has 0 bridgehead atoms. The summed E-state index contributed by atoms with van der Waals surface area (Å²) in [6.07, 6.45) is -5.58. The van der Waals surface area contributed by atoms with Gasteiger partial charge in [0.25, 0.3) is 0 Å². The van der Waals surface area contributed by atoms with Crippen molar-refractivity contribution in [3.05, 3.63) is 47.5 Å². The Hall–Kier alpha value is -2.61. The van der Waals surface area contributed by atoms with E-state index < -0.39 is 24.2 Å². The van der Waals surface area contributed by atoms with E-state index >= 15 is 0 Å². The smallest absolute Gasteiger partial charge is 0.479 e. The SMILES string of the molecule is COC(=O)C(C)Oc1ccc(Oc2ccc(OC(F)(F)F)cc2Cl)cc1. The molecule has 0 aliphatic heterocycles. The summed E-state index contributed by atoms with van der Waals surface area (Å²) in [5, 5.41) is -0.0496. The number of methoxy groups -OCH3 is 1. The largest absolute Gasteiger partial charge is 0.573 e. The first-order valence-corrected chi connectivity index (χ1v) is 7.63. The monoisotopic (exact) mass is 390 g/mol. The molecule has 2 aromatic carbocycles. The van der Waals surface area contributed by atoms with Crippen molar-refractivity contribution < 1.29 is 36.9 Å². The van der Waals surface area contributed by atoms with Crippen LogP contribution >= 0.6 is 11.6 Å². The number of esters is 1. The van der Waals surface area contributed by atoms with Gasteiger partial charge in [0.2, 0.25) is 0 Å². The van der Waals surface area contributed by atoms with Gasteiger partial charge in [0.1, 0.15) is 23.0 Å². The van der Waals surface area contributed by atoms with Gasteiger partial charge in [-0.1, -0.05) is 11.6 Å². The maximum Gasteiger partial charge on any atom is 0.573 e. The van der Waals surface area contributed by atoms with Crippen LogP contribution in [0, 0.1) is 0 Å². The number of benzene rings is 2. The van der Waals surface area contributed by atoms with Gasteiger partial charge in [-0.15, -0.1) is 13.2 Å². The summed E-state index contributed by atoms with van der Waals surface area (Å²) in [5.74, 6) is -0.0313. The number of carbonyl (C=O) groups is 1. The first-order chi connectivity index (χ1) is 12.2. The number of ether oxygens (including phenoxy) is 4. The average Bonchev–Trinajstić information content (AvgIpc) is 2.56. The van der Waals surface area contributed by atoms with Crippen molar-refractivity contribution in [1.29, 1.82) is 0 Å². The molecule has 0 N–H and O–H groups in total. The third kappa shape index (κ3) is 5.73. The second-order valence-corrected chi connectivity index (χ2v) is 5.40. The van der Waals surface area contributed by atoms with Crippen molar-refractivity contribution in [3.8, 4) is 23.0 Å². The molecule has 0 saturated heterocycles. The zero-order valence-electron chi connectivity index (χ0n) is 13.7. The molecule has 2 rings (SSSR count). The Bertz CT molecular complexity index is 762. The van der Waals surface area contributed by atoms with Crippen LogP contribution < -0.4 is 14.2 Å². The number of alkyl halides is 3. The molecule has 2 aromatic rings. The molecule has 0 heterocycles. The van der Waals surface area contributed by atoms with Crippen LogP contribution in [0.25, 0.3) is 0 Å². The fourth-order valence-electron chi connectivity index (χ4n) is 1.89. The normalized spacial score (nSPS) is 12.2. The highest BCUT2D eigenvalue weighted by molar-refractivity contribution is 6.32. The molecule has 140 valence electrons. The Labute approximate surface area is 152 Å². The van der Waals surface area contributed by atoms with E-state index in [1.165, 1.54) is 13.2 Å². The zero-order valence-corrected chi connectivity index (χ0v) is 14.4. The summed E-state index contributed by atoms with van der Waals surface area (Å²) < 4.78 is 55.8. The standard InChI is InChI=1S/C17H14ClF3O5/c1-10(16(22)23-2)24-11-3-5-12(6-4-11)25-15-8-7-13(9-14(15)18)26-17(19,20)21/h3-10H,1-2H3. The van der Waals surface area contributed by atoms with E-state index in [4.69, 9.17) is 21.1 Å². The first kappa shape index (κ1) is 19.7. The Kier molecular flexibility index (Phi) is 6.20. The molecule has 1 unspecified atom stereocenters. The van der Waals surface area contributed by atoms with Crippen LogP contribution in [-0.2, 0) is 9.53 Å². The highest BCUT2D eigenvalue weighted by Crippen LogP contribution is 2.34. The van der Waals surface area contributed by atoms with Crippen molar-refractivity contribution in [3.63, 3.8) is 0 Å². The predicted molar refractivity (Wildman–Crippen MR) is 86.8 cm³/mol. The van der Waals surface area contributed by atoms with Crippen molar-refractivity contribution in [1.82, 2.24) is 0 Å². The lowest BCUT2D eigenvalue weighted by Crippen LogP contribution is -2.24. The van der Waals surface area contributed by atoms with Crippen molar-refractivity contribution >= 4 is 17.6 Å². The third-order valence-corrected chi connectivity index (χ3v) is 3.33. The summed E-state index contributed by atoms with van der Waals surface area (Å²) in [6, 6.07) is 9.57. The molecule has 9 heteroatoms. The molecule has 0 aromatic heterocycles. The molecule has 0 radical (unpaired) electrons. The maximum atomic E-state index is 12.2. The Balaban J connectivity index is 2.03. The molecular weight excluding hydrogens is 377 g/mol. The number of hydrogen-bond donors (Lipinski definition) is 0. The lowest BCUT2D eigenvalue weighted by atomic mass is 10.3. The number of hydrogen-bond acceptors (Lipinski definition) is 5. The fraction of sp³-hybridized carbons (Fsp3) is 0.235. The van der Waals surface area contributed by atoms with Gasteiger partial charge < -0.3 is 18.9 Å². The number of halogens is 4. The summed E-state index contributed by atoms with van der Waals surface area (Å²) in [5.41, 5.74) is 0. The van der Waals surface area contributed by atoms with Crippen LogP contribution in [0.3, 0.4) is 0 Å². The average molecular weight is 391 g/mol. The van der Waals surface area contributed by atoms with Crippen LogP contribution in [0.1, 0.15) is 6.92 Å². The van der Waals surface area contributed by atoms with Crippen LogP contribution in [0.4, 0.5) is 13.2 Å². The van der Waals surface area contributed by atoms with Gasteiger partial charge in [0, 0.05) is 6.07 Å². The van der Waals surface area contributed by atoms with E-state index in [9.17, 15) is 18.0 Å². The second kappa shape index (κ2) is 8.18. The van der Waals surface area contributed by atoms with E-state index in [-0.39, 0.29) is 10.8 Å². The van der Waals surface area contributed by atoms with Gasteiger partial charge in [0.15, 0.2) is 6.10 Å². The Morgan fingerprint density at radius 2 is 1.62 bits per heavy atom. The Morgan fingerprint density at radius 3 is 2.15 bits per heavy atom. The number of carbonyl (C=O) groups excluding carboxylic acids is 1. The predicted octanol–water partition coefficient (Wildman–Crippen LogP) is 4.97. The minimum Gasteiger partial charge on any atom is -0.479 e. The molecule has 0 spiro atoms. The van der Waals surface area contributed by atoms with E-state index in [1.54, 1.807) is 31.2 Å². The number of rotatable bonds is 6. The summed E-state index contributed by atoms with van der Waals surface area (Å²) in [4.78, 5) is 11.3. The molecular formula is C17H14ClF3O5. The van der Waals surface area contributed by atoms with Gasteiger partial charge in [-0.2, -0.15) is 0 Å². The van der Waals surface area contributed by atoms with Gasteiger partial charge in [-0.25, -0.2) is 4.79 Å². The van der Waals surface area contributed by atoms with Crippen molar-refractivity contribution in [2.24, 2.45) is 0 Å². The van der Waals surface area contributed by atoms with Crippen LogP contribution in [-0.4, -0.2) is 25.5 Å². The molecule has 0 aliphatic carbocycles. The lowest BCUT2D eigenvalue weighted by Gasteiger charge is -2.13. The van der Waals surface area contributed by atoms with E-state index in [0.29, 0.717) is 11.5 Å². The van der Waals surface area contributed by atoms with Gasteiger partial charge in [0.05, 0.1) is 12.1 Å². The lowest BCUT2D eigenvalue weighted by molar-refractivity contribution is -0.274. The topological polar surface area (TPSA) is 54.0 Å². The van der Waals surface area contributed by atoms with Gasteiger partial charge >= 0.3 is 12.3 Å². The fourth-order valence-corrected chi connectivity index (χ4v) is 2.10. The Morgan fingerprint density at radius 1 is 1.04 bits per heavy atom. The van der Waals surface area contributed by atoms with Gasteiger partial charge in [-0.05, 0) is 43.3 Å². The minimum absolute atomic E-state index is 0.0496. The van der Waals surface area contributed by atoms with Crippen LogP contribution in [0.15, 0.2) is 42.5 Å². The first-order valence-electron chi connectivity index (χ1n) is 7.25. The molecule has 5 nitrogen and oxygen atoms in total. The zero-order chi connectivity index (χ0) is 19.3. The molecule has 26 heavy (non-hydrogen) atoms. The second-order valence-electron chi connectivity index (χ2n) is 5.00. The highest BCUT2D eigenvalue weighted by atomic mass is 35.5. The molecule has 0 saturated carbocycles. The molecule has 1 atom stereocenters. The van der Waals surface area contributed by atoms with E-state index in [0.717, 1.165) is 12.1 Å². The minimum atomic E-state index is -4.80. The maximum absolute atomic E-state index is 12.2. The van der Waals surface area contributed by atoms with Gasteiger partial charge in [-0.3, -0.25) is 0 Å².